The SMILES string of the molecule is O=C1NC(=O)C(C#CC2NC=CS2)N1. The molecule has 0 spiro atoms. The van der Waals surface area contributed by atoms with Crippen LogP contribution >= 0.6 is 11.8 Å². The van der Waals surface area contributed by atoms with Crippen molar-refractivity contribution in [1.82, 2.24) is 16.0 Å². The van der Waals surface area contributed by atoms with Crippen LogP contribution in [0.5, 0.6) is 0 Å². The summed E-state index contributed by atoms with van der Waals surface area (Å²) in [6.07, 6.45) is 1.79. The molecular formula is C8H7N3O2S. The number of carbonyl (C=O) groups excluding carboxylic acids is 2. The molecule has 3 N–H and O–H groups in total. The number of amides is 3. The maximum atomic E-state index is 11.0. The standard InChI is InChI=1S/C8H7N3O2S/c12-7-5(10-8(13)11-7)1-2-6-9-3-4-14-6/h3-6,9H,(H2,10,11,12,13). The maximum Gasteiger partial charge on any atom is 0.322 e. The molecule has 6 heteroatoms. The van der Waals surface area contributed by atoms with E-state index in [0.29, 0.717) is 0 Å². The van der Waals surface area contributed by atoms with E-state index < -0.39 is 18.0 Å². The van der Waals surface area contributed by atoms with E-state index in [9.17, 15) is 9.59 Å². The lowest BCUT2D eigenvalue weighted by molar-refractivity contribution is -0.119. The largest absolute Gasteiger partial charge is 0.369 e. The van der Waals surface area contributed by atoms with Crippen LogP contribution in [-0.2, 0) is 4.79 Å². The average Bonchev–Trinajstić information content (AvgIpc) is 2.72. The maximum absolute atomic E-state index is 11.0. The predicted molar refractivity (Wildman–Crippen MR) is 51.9 cm³/mol. The highest BCUT2D eigenvalue weighted by Gasteiger charge is 2.27. The highest BCUT2D eigenvalue weighted by Crippen LogP contribution is 2.13. The van der Waals surface area contributed by atoms with Gasteiger partial charge in [0.15, 0.2) is 6.04 Å². The molecule has 0 radical (unpaired) electrons. The first-order valence-corrected chi connectivity index (χ1v) is 4.89. The van der Waals surface area contributed by atoms with Crippen LogP contribution in [0, 0.1) is 11.8 Å². The molecule has 0 bridgehead atoms. The number of hydrogen-bond acceptors (Lipinski definition) is 4. The summed E-state index contributed by atoms with van der Waals surface area (Å²) >= 11 is 1.52. The van der Waals surface area contributed by atoms with Gasteiger partial charge in [0.2, 0.25) is 0 Å². The first-order chi connectivity index (χ1) is 6.75. The number of carbonyl (C=O) groups is 2. The Bertz CT molecular complexity index is 361. The van der Waals surface area contributed by atoms with Gasteiger partial charge < -0.3 is 10.6 Å². The zero-order chi connectivity index (χ0) is 9.97. The summed E-state index contributed by atoms with van der Waals surface area (Å²) in [5.41, 5.74) is 0. The van der Waals surface area contributed by atoms with Crippen LogP contribution in [0.3, 0.4) is 0 Å². The van der Waals surface area contributed by atoms with Crippen LogP contribution < -0.4 is 16.0 Å². The molecule has 2 unspecified atom stereocenters. The Labute approximate surface area is 84.7 Å². The summed E-state index contributed by atoms with van der Waals surface area (Å²) < 4.78 is 0. The fourth-order valence-electron chi connectivity index (χ4n) is 1.04. The molecular weight excluding hydrogens is 202 g/mol. The van der Waals surface area contributed by atoms with Gasteiger partial charge in [0, 0.05) is 6.20 Å². The van der Waals surface area contributed by atoms with Crippen LogP contribution in [0.25, 0.3) is 0 Å². The molecule has 0 aromatic carbocycles. The van der Waals surface area contributed by atoms with E-state index in [2.05, 4.69) is 27.8 Å². The average molecular weight is 209 g/mol. The van der Waals surface area contributed by atoms with Crippen molar-refractivity contribution in [3.63, 3.8) is 0 Å². The molecule has 2 rings (SSSR count). The highest BCUT2D eigenvalue weighted by molar-refractivity contribution is 8.03. The molecule has 0 saturated carbocycles. The second-order valence-corrected chi connectivity index (χ2v) is 3.69. The third-order valence-corrected chi connectivity index (χ3v) is 2.48. The third-order valence-electron chi connectivity index (χ3n) is 1.66. The van der Waals surface area contributed by atoms with Crippen LogP contribution in [0.15, 0.2) is 11.6 Å². The van der Waals surface area contributed by atoms with E-state index in [4.69, 9.17) is 0 Å². The monoisotopic (exact) mass is 209 g/mol. The number of hydrogen-bond donors (Lipinski definition) is 3. The number of nitrogens with one attached hydrogen (secondary N) is 3. The van der Waals surface area contributed by atoms with Crippen LogP contribution in [0.2, 0.25) is 0 Å². The Morgan fingerprint density at radius 1 is 1.36 bits per heavy atom. The van der Waals surface area contributed by atoms with E-state index in [1.807, 2.05) is 5.41 Å². The molecule has 0 aromatic heterocycles. The molecule has 14 heavy (non-hydrogen) atoms. The Morgan fingerprint density at radius 2 is 2.21 bits per heavy atom. The molecule has 1 saturated heterocycles. The van der Waals surface area contributed by atoms with Gasteiger partial charge in [-0.3, -0.25) is 10.1 Å². The first-order valence-electron chi connectivity index (χ1n) is 3.95. The Kier molecular flexibility index (Phi) is 2.33. The molecule has 2 atom stereocenters. The van der Waals surface area contributed by atoms with Gasteiger partial charge in [0.05, 0.1) is 0 Å². The van der Waals surface area contributed by atoms with E-state index >= 15 is 0 Å². The summed E-state index contributed by atoms with van der Waals surface area (Å²) in [6.45, 7) is 0. The zero-order valence-corrected chi connectivity index (χ0v) is 7.85. The molecule has 2 aliphatic heterocycles. The number of rotatable bonds is 0. The van der Waals surface area contributed by atoms with Gasteiger partial charge in [-0.25, -0.2) is 4.79 Å². The lowest BCUT2D eigenvalue weighted by atomic mass is 10.3. The molecule has 5 nitrogen and oxygen atoms in total. The molecule has 1 fully saturated rings. The van der Waals surface area contributed by atoms with Gasteiger partial charge in [-0.2, -0.15) is 0 Å². The van der Waals surface area contributed by atoms with Gasteiger partial charge >= 0.3 is 6.03 Å². The molecule has 0 aliphatic carbocycles. The molecule has 2 aliphatic rings. The van der Waals surface area contributed by atoms with Gasteiger partial charge in [-0.05, 0) is 5.41 Å². The van der Waals surface area contributed by atoms with Gasteiger partial charge in [0.1, 0.15) is 5.37 Å². The van der Waals surface area contributed by atoms with Crippen molar-refractivity contribution in [2.24, 2.45) is 0 Å². The minimum Gasteiger partial charge on any atom is -0.369 e. The summed E-state index contributed by atoms with van der Waals surface area (Å²) in [5.74, 6) is 5.13. The number of thioether (sulfide) groups is 1. The number of imide groups is 1. The van der Waals surface area contributed by atoms with Crippen molar-refractivity contribution >= 4 is 23.7 Å². The summed E-state index contributed by atoms with van der Waals surface area (Å²) in [4.78, 5) is 21.8. The fourth-order valence-corrected chi connectivity index (χ4v) is 1.64. The van der Waals surface area contributed by atoms with Crippen molar-refractivity contribution in [3.05, 3.63) is 11.6 Å². The lowest BCUT2D eigenvalue weighted by Crippen LogP contribution is -2.27. The van der Waals surface area contributed by atoms with Gasteiger partial charge in [0.25, 0.3) is 5.91 Å². The van der Waals surface area contributed by atoms with Gasteiger partial charge in [-0.1, -0.05) is 23.6 Å². The van der Waals surface area contributed by atoms with Crippen molar-refractivity contribution in [2.45, 2.75) is 11.4 Å². The quantitative estimate of drug-likeness (QED) is 0.365. The van der Waals surface area contributed by atoms with Crippen LogP contribution in [0.1, 0.15) is 0 Å². The van der Waals surface area contributed by atoms with E-state index in [-0.39, 0.29) is 5.37 Å². The first kappa shape index (κ1) is 8.97. The van der Waals surface area contributed by atoms with Crippen molar-refractivity contribution in [2.75, 3.05) is 0 Å². The molecule has 72 valence electrons. The molecule has 0 aromatic rings. The zero-order valence-electron chi connectivity index (χ0n) is 7.03. The number of urea groups is 1. The minimum atomic E-state index is -0.717. The highest BCUT2D eigenvalue weighted by atomic mass is 32.2. The van der Waals surface area contributed by atoms with Crippen molar-refractivity contribution in [3.8, 4) is 11.8 Å². The van der Waals surface area contributed by atoms with Crippen molar-refractivity contribution in [1.29, 1.82) is 0 Å². The topological polar surface area (TPSA) is 70.2 Å². The smallest absolute Gasteiger partial charge is 0.322 e. The van der Waals surface area contributed by atoms with Crippen LogP contribution in [0.4, 0.5) is 4.79 Å². The Morgan fingerprint density at radius 3 is 2.79 bits per heavy atom. The molecule has 3 amide bonds. The second kappa shape index (κ2) is 3.64. The summed E-state index contributed by atoms with van der Waals surface area (Å²) in [5, 5.41) is 9.33. The Balaban J connectivity index is 1.96. The van der Waals surface area contributed by atoms with E-state index in [1.165, 1.54) is 11.8 Å². The lowest BCUT2D eigenvalue weighted by Gasteiger charge is -2.00. The van der Waals surface area contributed by atoms with E-state index in [0.717, 1.165) is 0 Å². The summed E-state index contributed by atoms with van der Waals surface area (Å²) in [6, 6.07) is -1.20. The predicted octanol–water partition coefficient (Wildman–Crippen LogP) is -0.668. The fraction of sp³-hybridized carbons (Fsp3) is 0.250. The van der Waals surface area contributed by atoms with E-state index in [1.54, 1.807) is 6.20 Å². The second-order valence-electron chi connectivity index (χ2n) is 2.67. The van der Waals surface area contributed by atoms with Gasteiger partial charge in [-0.15, -0.1) is 0 Å². The third kappa shape index (κ3) is 1.83. The normalized spacial score (nSPS) is 28.9. The summed E-state index contributed by atoms with van der Waals surface area (Å²) in [7, 11) is 0. The Hall–Kier alpha value is -1.61. The molecule has 2 heterocycles. The van der Waals surface area contributed by atoms with Crippen molar-refractivity contribution < 1.29 is 9.59 Å². The van der Waals surface area contributed by atoms with Crippen LogP contribution in [-0.4, -0.2) is 23.4 Å². The minimum absolute atomic E-state index is 0.0275.